The van der Waals surface area contributed by atoms with E-state index in [0.29, 0.717) is 26.4 Å². The number of rotatable bonds is 34. The quantitative estimate of drug-likeness (QED) is 0.0391. The van der Waals surface area contributed by atoms with Crippen molar-refractivity contribution in [3.63, 3.8) is 0 Å². The number of aromatic nitrogens is 4. The molecule has 2 aromatic carbocycles. The molecule has 5 heterocycles. The maximum Gasteiger partial charge on any atom is 0.123 e. The fourth-order valence-corrected chi connectivity index (χ4v) is 9.74. The third-order valence-electron chi connectivity index (χ3n) is 13.8. The Bertz CT molecular complexity index is 2390. The maximum absolute atomic E-state index is 6.52. The number of nitrogens with zero attached hydrogens (tertiary/aromatic N) is 2. The second-order valence-corrected chi connectivity index (χ2v) is 20.1. The molecule has 5 aromatic rings. The van der Waals surface area contributed by atoms with Crippen LogP contribution < -0.4 is 18.9 Å². The summed E-state index contributed by atoms with van der Waals surface area (Å²) in [6.07, 6.45) is 37.6. The Morgan fingerprint density at radius 3 is 0.958 bits per heavy atom. The SMILES string of the molecule is CCCCCCCCOc1cc(OCCCCCCCC)cc(-c2c3nc(cc4ccc([nH]4)c(-c4cc(OCCCCCCCC)cc(OCCCCCCCC)c4)c4nc(cc5ccc2[nH]5)C=C4)C=C3)c1. The van der Waals surface area contributed by atoms with Gasteiger partial charge in [-0.05, 0) is 122 Å². The number of benzene rings is 2. The Kier molecular flexibility index (Phi) is 22.7. The molecule has 8 heteroatoms. The summed E-state index contributed by atoms with van der Waals surface area (Å²) in [6.45, 7) is 11.8. The van der Waals surface area contributed by atoms with E-state index in [1.165, 1.54) is 128 Å². The summed E-state index contributed by atoms with van der Waals surface area (Å²) in [4.78, 5) is 18.1. The molecule has 2 aliphatic rings. The third kappa shape index (κ3) is 17.2. The van der Waals surface area contributed by atoms with E-state index in [1.807, 2.05) is 0 Å². The summed E-state index contributed by atoms with van der Waals surface area (Å²) in [5.74, 6) is 3.28. The molecular formula is C64H86N4O4. The molecule has 0 unspecified atom stereocenters. The van der Waals surface area contributed by atoms with E-state index in [1.54, 1.807) is 0 Å². The van der Waals surface area contributed by atoms with Crippen molar-refractivity contribution in [3.05, 3.63) is 95.6 Å². The van der Waals surface area contributed by atoms with E-state index in [9.17, 15) is 0 Å². The average Bonchev–Trinajstić information content (AvgIpc) is 4.24. The molecule has 0 spiro atoms. The summed E-state index contributed by atoms with van der Waals surface area (Å²) in [6, 6.07) is 25.6. The molecule has 2 N–H and O–H groups in total. The largest absolute Gasteiger partial charge is 0.493 e. The summed E-state index contributed by atoms with van der Waals surface area (Å²) >= 11 is 0. The highest BCUT2D eigenvalue weighted by Crippen LogP contribution is 2.38. The molecule has 0 saturated carbocycles. The van der Waals surface area contributed by atoms with Crippen LogP contribution in [0, 0.1) is 0 Å². The van der Waals surface area contributed by atoms with Gasteiger partial charge in [-0.1, -0.05) is 156 Å². The number of H-pyrrole nitrogens is 2. The zero-order valence-corrected chi connectivity index (χ0v) is 44.6. The number of hydrogen-bond donors (Lipinski definition) is 2. The fraction of sp³-hybridized carbons (Fsp3) is 0.500. The molecule has 0 atom stereocenters. The van der Waals surface area contributed by atoms with Gasteiger partial charge in [0.1, 0.15) is 23.0 Å². The highest BCUT2D eigenvalue weighted by atomic mass is 16.5. The molecule has 8 bridgehead atoms. The van der Waals surface area contributed by atoms with E-state index < -0.39 is 0 Å². The van der Waals surface area contributed by atoms with Crippen LogP contribution in [0.5, 0.6) is 23.0 Å². The summed E-state index contributed by atoms with van der Waals surface area (Å²) in [7, 11) is 0. The Hall–Kier alpha value is -5.76. The lowest BCUT2D eigenvalue weighted by molar-refractivity contribution is 0.289. The van der Waals surface area contributed by atoms with Crippen LogP contribution in [0.25, 0.3) is 68.6 Å². The monoisotopic (exact) mass is 975 g/mol. The molecule has 3 aromatic heterocycles. The van der Waals surface area contributed by atoms with Gasteiger partial charge in [0, 0.05) is 45.3 Å². The van der Waals surface area contributed by atoms with Gasteiger partial charge in [0.2, 0.25) is 0 Å². The number of aromatic amines is 2. The van der Waals surface area contributed by atoms with Gasteiger partial charge in [-0.2, -0.15) is 0 Å². The van der Waals surface area contributed by atoms with Crippen LogP contribution in [0.4, 0.5) is 0 Å². The zero-order valence-electron chi connectivity index (χ0n) is 44.6. The molecule has 0 fully saturated rings. The van der Waals surface area contributed by atoms with Crippen LogP contribution in [-0.4, -0.2) is 46.4 Å². The van der Waals surface area contributed by atoms with Gasteiger partial charge in [-0.15, -0.1) is 0 Å². The average molecular weight is 975 g/mol. The molecule has 0 aliphatic carbocycles. The highest BCUT2D eigenvalue weighted by molar-refractivity contribution is 5.94. The molecule has 386 valence electrons. The molecule has 0 radical (unpaired) electrons. The minimum atomic E-state index is 0.676. The molecular weight excluding hydrogens is 889 g/mol. The topological polar surface area (TPSA) is 94.3 Å². The molecule has 0 amide bonds. The Balaban J connectivity index is 1.25. The van der Waals surface area contributed by atoms with Gasteiger partial charge >= 0.3 is 0 Å². The number of nitrogens with one attached hydrogen (secondary N) is 2. The molecule has 2 aliphatic heterocycles. The predicted octanol–water partition coefficient (Wildman–Crippen LogP) is 18.9. The van der Waals surface area contributed by atoms with Crippen molar-refractivity contribution in [2.45, 2.75) is 182 Å². The van der Waals surface area contributed by atoms with Crippen molar-refractivity contribution in [2.75, 3.05) is 26.4 Å². The third-order valence-corrected chi connectivity index (χ3v) is 13.8. The van der Waals surface area contributed by atoms with E-state index in [2.05, 4.69) is 135 Å². The smallest absolute Gasteiger partial charge is 0.123 e. The minimum Gasteiger partial charge on any atom is -0.493 e. The standard InChI is InChI=1S/C64H86N4O4/c1-5-9-13-17-21-25-37-69-55-41-49(42-56(47-55)70-38-26-22-18-14-10-6-2)63-59-33-29-51(65-59)45-53-31-35-61(67-53)64(62-36-32-54(68-62)46-52-30-34-60(63)66-52)50-43-57(71-39-27-23-19-15-11-7-3)48-58(44-50)72-40-28-24-20-16-12-8-4/h29-36,41-48,65,68H,5-28,37-40H2,1-4H3. The number of unbranched alkanes of at least 4 members (excludes halogenated alkanes) is 20. The lowest BCUT2D eigenvalue weighted by Crippen LogP contribution is -2.01. The first-order valence-electron chi connectivity index (χ1n) is 28.5. The lowest BCUT2D eigenvalue weighted by atomic mass is 10.0. The van der Waals surface area contributed by atoms with Crippen LogP contribution in [-0.2, 0) is 0 Å². The summed E-state index contributed by atoms with van der Waals surface area (Å²) in [5.41, 5.74) is 11.3. The zero-order chi connectivity index (χ0) is 50.0. The number of ether oxygens (including phenoxy) is 4. The van der Waals surface area contributed by atoms with Gasteiger partial charge in [-0.3, -0.25) is 0 Å². The minimum absolute atomic E-state index is 0.676. The summed E-state index contributed by atoms with van der Waals surface area (Å²) in [5, 5.41) is 0. The van der Waals surface area contributed by atoms with Crippen LogP contribution >= 0.6 is 0 Å². The fourth-order valence-electron chi connectivity index (χ4n) is 9.74. The van der Waals surface area contributed by atoms with Gasteiger partial charge in [0.15, 0.2) is 0 Å². The van der Waals surface area contributed by atoms with Gasteiger partial charge in [0.05, 0.1) is 49.2 Å². The Labute approximate surface area is 432 Å². The predicted molar refractivity (Wildman–Crippen MR) is 305 cm³/mol. The second kappa shape index (κ2) is 30.3. The maximum atomic E-state index is 6.52. The highest BCUT2D eigenvalue weighted by Gasteiger charge is 2.17. The first kappa shape index (κ1) is 54.0. The number of fused-ring (bicyclic) bond motifs is 8. The lowest BCUT2D eigenvalue weighted by Gasteiger charge is -2.14. The second-order valence-electron chi connectivity index (χ2n) is 20.1. The van der Waals surface area contributed by atoms with E-state index >= 15 is 0 Å². The van der Waals surface area contributed by atoms with Gasteiger partial charge < -0.3 is 28.9 Å². The molecule has 8 nitrogen and oxygen atoms in total. The van der Waals surface area contributed by atoms with Crippen molar-refractivity contribution < 1.29 is 18.9 Å². The normalized spacial score (nSPS) is 11.9. The van der Waals surface area contributed by atoms with Crippen molar-refractivity contribution in [1.82, 2.24) is 19.9 Å². The Morgan fingerprint density at radius 1 is 0.333 bits per heavy atom. The van der Waals surface area contributed by atoms with Crippen molar-refractivity contribution in [3.8, 4) is 45.3 Å². The van der Waals surface area contributed by atoms with Crippen molar-refractivity contribution >= 4 is 46.4 Å². The van der Waals surface area contributed by atoms with Crippen molar-refractivity contribution in [1.29, 1.82) is 0 Å². The van der Waals surface area contributed by atoms with Crippen molar-refractivity contribution in [2.24, 2.45) is 0 Å². The van der Waals surface area contributed by atoms with Gasteiger partial charge in [0.25, 0.3) is 0 Å². The van der Waals surface area contributed by atoms with E-state index in [4.69, 9.17) is 28.9 Å². The first-order chi connectivity index (χ1) is 35.5. The molecule has 7 rings (SSSR count). The van der Waals surface area contributed by atoms with E-state index in [0.717, 1.165) is 116 Å². The van der Waals surface area contributed by atoms with Gasteiger partial charge in [-0.25, -0.2) is 9.97 Å². The molecule has 72 heavy (non-hydrogen) atoms. The van der Waals surface area contributed by atoms with Crippen LogP contribution in [0.15, 0.2) is 72.8 Å². The van der Waals surface area contributed by atoms with Crippen LogP contribution in [0.3, 0.4) is 0 Å². The first-order valence-corrected chi connectivity index (χ1v) is 28.5. The van der Waals surface area contributed by atoms with E-state index in [-0.39, 0.29) is 0 Å². The molecule has 0 saturated heterocycles. The number of hydrogen-bond acceptors (Lipinski definition) is 6. The Morgan fingerprint density at radius 2 is 0.639 bits per heavy atom. The summed E-state index contributed by atoms with van der Waals surface area (Å²) < 4.78 is 26.1. The van der Waals surface area contributed by atoms with Crippen LogP contribution in [0.1, 0.15) is 205 Å². The van der Waals surface area contributed by atoms with Crippen LogP contribution in [0.2, 0.25) is 0 Å².